The molecule has 6 heteroatoms. The zero-order valence-electron chi connectivity index (χ0n) is 13.4. The fourth-order valence-corrected chi connectivity index (χ4v) is 2.98. The summed E-state index contributed by atoms with van der Waals surface area (Å²) in [6, 6.07) is 12.2. The molecule has 0 unspecified atom stereocenters. The summed E-state index contributed by atoms with van der Waals surface area (Å²) in [5, 5.41) is 11.9. The highest BCUT2D eigenvalue weighted by atomic mass is 19.1. The summed E-state index contributed by atoms with van der Waals surface area (Å²) in [6.45, 7) is 0.426. The first-order chi connectivity index (χ1) is 12.0. The van der Waals surface area contributed by atoms with Gasteiger partial charge in [-0.1, -0.05) is 36.4 Å². The second kappa shape index (κ2) is 7.44. The van der Waals surface area contributed by atoms with Crippen LogP contribution < -0.4 is 5.32 Å². The van der Waals surface area contributed by atoms with Crippen molar-refractivity contribution in [2.24, 2.45) is 0 Å². The molecule has 0 fully saturated rings. The van der Waals surface area contributed by atoms with Crippen molar-refractivity contribution in [2.45, 2.75) is 25.0 Å². The van der Waals surface area contributed by atoms with E-state index < -0.39 is 29.8 Å². The topological polar surface area (TPSA) is 75.6 Å². The molecule has 0 aromatic heterocycles. The van der Waals surface area contributed by atoms with Gasteiger partial charge in [-0.2, -0.15) is 0 Å². The lowest BCUT2D eigenvalue weighted by Crippen LogP contribution is -2.37. The van der Waals surface area contributed by atoms with Crippen LogP contribution in [0.3, 0.4) is 0 Å². The molecule has 3 rings (SSSR count). The Morgan fingerprint density at radius 1 is 1.20 bits per heavy atom. The highest BCUT2D eigenvalue weighted by molar-refractivity contribution is 5.84. The van der Waals surface area contributed by atoms with E-state index in [1.807, 2.05) is 24.3 Å². The maximum Gasteiger partial charge on any atom is 0.305 e. The van der Waals surface area contributed by atoms with E-state index >= 15 is 0 Å². The minimum Gasteiger partial charge on any atom is -0.481 e. The maximum absolute atomic E-state index is 13.1. The number of rotatable bonds is 5. The van der Waals surface area contributed by atoms with E-state index in [1.165, 1.54) is 24.3 Å². The Labute approximate surface area is 144 Å². The SMILES string of the molecule is O=C(O)C[C@H](NC(=O)[C@@H]1OCCc2ccccc21)c1ccc(F)cc1. The van der Waals surface area contributed by atoms with Gasteiger partial charge in [-0.25, -0.2) is 4.39 Å². The molecule has 1 heterocycles. The number of carboxylic acids is 1. The average Bonchev–Trinajstić information content (AvgIpc) is 2.61. The van der Waals surface area contributed by atoms with Crippen LogP contribution in [0.15, 0.2) is 48.5 Å². The Balaban J connectivity index is 1.81. The fourth-order valence-electron chi connectivity index (χ4n) is 2.98. The van der Waals surface area contributed by atoms with Gasteiger partial charge in [-0.05, 0) is 35.2 Å². The van der Waals surface area contributed by atoms with Crippen molar-refractivity contribution in [3.63, 3.8) is 0 Å². The summed E-state index contributed by atoms with van der Waals surface area (Å²) in [7, 11) is 0. The first kappa shape index (κ1) is 17.1. The molecule has 1 amide bonds. The van der Waals surface area contributed by atoms with E-state index in [-0.39, 0.29) is 6.42 Å². The van der Waals surface area contributed by atoms with Crippen LogP contribution in [0.1, 0.15) is 35.3 Å². The summed E-state index contributed by atoms with van der Waals surface area (Å²) in [5.74, 6) is -1.88. The van der Waals surface area contributed by atoms with Gasteiger partial charge in [0.25, 0.3) is 5.91 Å². The van der Waals surface area contributed by atoms with E-state index in [1.54, 1.807) is 0 Å². The molecule has 25 heavy (non-hydrogen) atoms. The third-order valence-corrected chi connectivity index (χ3v) is 4.20. The number of halogens is 1. The van der Waals surface area contributed by atoms with Crippen molar-refractivity contribution in [2.75, 3.05) is 6.61 Å². The van der Waals surface area contributed by atoms with E-state index in [0.717, 1.165) is 17.5 Å². The minimum atomic E-state index is -1.06. The van der Waals surface area contributed by atoms with Crippen LogP contribution in [-0.4, -0.2) is 23.6 Å². The molecule has 2 atom stereocenters. The second-order valence-electron chi connectivity index (χ2n) is 5.91. The lowest BCUT2D eigenvalue weighted by atomic mass is 9.96. The predicted molar refractivity (Wildman–Crippen MR) is 88.4 cm³/mol. The monoisotopic (exact) mass is 343 g/mol. The van der Waals surface area contributed by atoms with Crippen LogP contribution in [-0.2, 0) is 20.7 Å². The van der Waals surface area contributed by atoms with Gasteiger partial charge in [0, 0.05) is 0 Å². The molecule has 1 aliphatic heterocycles. The number of hydrogen-bond acceptors (Lipinski definition) is 3. The van der Waals surface area contributed by atoms with E-state index in [0.29, 0.717) is 12.2 Å². The zero-order valence-corrected chi connectivity index (χ0v) is 13.4. The van der Waals surface area contributed by atoms with Crippen LogP contribution in [0.5, 0.6) is 0 Å². The largest absolute Gasteiger partial charge is 0.481 e. The Bertz CT molecular complexity index is 775. The molecule has 5 nitrogen and oxygen atoms in total. The van der Waals surface area contributed by atoms with E-state index in [4.69, 9.17) is 9.84 Å². The molecule has 2 N–H and O–H groups in total. The number of nitrogens with one attached hydrogen (secondary N) is 1. The lowest BCUT2D eigenvalue weighted by Gasteiger charge is -2.27. The van der Waals surface area contributed by atoms with E-state index in [9.17, 15) is 14.0 Å². The molecule has 0 bridgehead atoms. The molecule has 130 valence electrons. The number of ether oxygens (including phenoxy) is 1. The zero-order chi connectivity index (χ0) is 17.8. The van der Waals surface area contributed by atoms with Crippen LogP contribution in [0.25, 0.3) is 0 Å². The normalized spacial score (nSPS) is 17.4. The molecule has 0 radical (unpaired) electrons. The molecule has 0 aliphatic carbocycles. The molecule has 0 saturated carbocycles. The first-order valence-corrected chi connectivity index (χ1v) is 8.01. The van der Waals surface area contributed by atoms with Gasteiger partial charge in [-0.3, -0.25) is 9.59 Å². The number of amides is 1. The van der Waals surface area contributed by atoms with Crippen LogP contribution in [0, 0.1) is 5.82 Å². The summed E-state index contributed by atoms with van der Waals surface area (Å²) in [4.78, 5) is 23.8. The van der Waals surface area contributed by atoms with Gasteiger partial charge in [-0.15, -0.1) is 0 Å². The minimum absolute atomic E-state index is 0.300. The number of carboxylic acid groups (broad SMARTS) is 1. The molecule has 2 aromatic rings. The van der Waals surface area contributed by atoms with Gasteiger partial charge < -0.3 is 15.2 Å². The fraction of sp³-hybridized carbons (Fsp3) is 0.263. The van der Waals surface area contributed by atoms with Crippen molar-refractivity contribution >= 4 is 11.9 Å². The predicted octanol–water partition coefficient (Wildman–Crippen LogP) is 2.77. The van der Waals surface area contributed by atoms with Crippen molar-refractivity contribution in [3.05, 3.63) is 71.0 Å². The highest BCUT2D eigenvalue weighted by Gasteiger charge is 2.29. The summed E-state index contributed by atoms with van der Waals surface area (Å²) < 4.78 is 18.7. The molecule has 0 saturated heterocycles. The Hall–Kier alpha value is -2.73. The Morgan fingerprint density at radius 3 is 2.64 bits per heavy atom. The van der Waals surface area contributed by atoms with Crippen molar-refractivity contribution < 1.29 is 23.8 Å². The summed E-state index contributed by atoms with van der Waals surface area (Å²) in [6.07, 6.45) is -0.343. The van der Waals surface area contributed by atoms with Gasteiger partial charge in [0.15, 0.2) is 6.10 Å². The van der Waals surface area contributed by atoms with Crippen molar-refractivity contribution in [3.8, 4) is 0 Å². The maximum atomic E-state index is 13.1. The smallest absolute Gasteiger partial charge is 0.305 e. The van der Waals surface area contributed by atoms with Crippen molar-refractivity contribution in [1.29, 1.82) is 0 Å². The molecule has 0 spiro atoms. The Kier molecular flexibility index (Phi) is 5.09. The molecular formula is C19H18FNO4. The van der Waals surface area contributed by atoms with Gasteiger partial charge >= 0.3 is 5.97 Å². The second-order valence-corrected chi connectivity index (χ2v) is 5.91. The van der Waals surface area contributed by atoms with Crippen LogP contribution in [0.4, 0.5) is 4.39 Å². The molecule has 1 aliphatic rings. The van der Waals surface area contributed by atoms with Gasteiger partial charge in [0.1, 0.15) is 5.82 Å². The third kappa shape index (κ3) is 4.03. The molecule has 2 aromatic carbocycles. The quantitative estimate of drug-likeness (QED) is 0.875. The van der Waals surface area contributed by atoms with Gasteiger partial charge in [0.2, 0.25) is 0 Å². The first-order valence-electron chi connectivity index (χ1n) is 8.01. The van der Waals surface area contributed by atoms with Crippen LogP contribution >= 0.6 is 0 Å². The van der Waals surface area contributed by atoms with Gasteiger partial charge in [0.05, 0.1) is 19.1 Å². The highest BCUT2D eigenvalue weighted by Crippen LogP contribution is 2.28. The Morgan fingerprint density at radius 2 is 1.92 bits per heavy atom. The van der Waals surface area contributed by atoms with Crippen LogP contribution in [0.2, 0.25) is 0 Å². The standard InChI is InChI=1S/C19H18FNO4/c20-14-7-5-13(6-8-14)16(11-17(22)23)21-19(24)18-15-4-2-1-3-12(15)9-10-25-18/h1-8,16,18H,9-11H2,(H,21,24)(H,22,23)/t16-,18+/m0/s1. The number of carbonyl (C=O) groups excluding carboxylic acids is 1. The number of fused-ring (bicyclic) bond motifs is 1. The number of aliphatic carboxylic acids is 1. The number of carbonyl (C=O) groups is 2. The van der Waals surface area contributed by atoms with E-state index in [2.05, 4.69) is 5.32 Å². The summed E-state index contributed by atoms with van der Waals surface area (Å²) >= 11 is 0. The lowest BCUT2D eigenvalue weighted by molar-refractivity contribution is -0.139. The molecular weight excluding hydrogens is 325 g/mol. The third-order valence-electron chi connectivity index (χ3n) is 4.20. The average molecular weight is 343 g/mol. The number of hydrogen-bond donors (Lipinski definition) is 2. The van der Waals surface area contributed by atoms with Crippen molar-refractivity contribution in [1.82, 2.24) is 5.32 Å². The number of benzene rings is 2. The summed E-state index contributed by atoms with van der Waals surface area (Å²) in [5.41, 5.74) is 2.37.